The van der Waals surface area contributed by atoms with Crippen LogP contribution < -0.4 is 0 Å². The predicted octanol–water partition coefficient (Wildman–Crippen LogP) is 5.08. The van der Waals surface area contributed by atoms with Gasteiger partial charge in [0.2, 0.25) is 0 Å². The molecule has 0 aliphatic heterocycles. The van der Waals surface area contributed by atoms with Crippen molar-refractivity contribution in [3.63, 3.8) is 0 Å². The lowest BCUT2D eigenvalue weighted by Crippen LogP contribution is -2.04. The van der Waals surface area contributed by atoms with Crippen molar-refractivity contribution in [2.75, 3.05) is 0 Å². The van der Waals surface area contributed by atoms with Crippen molar-refractivity contribution in [1.82, 2.24) is 0 Å². The van der Waals surface area contributed by atoms with Crippen LogP contribution in [-0.4, -0.2) is 11.7 Å². The summed E-state index contributed by atoms with van der Waals surface area (Å²) in [6, 6.07) is 14.5. The van der Waals surface area contributed by atoms with Crippen molar-refractivity contribution in [3.8, 4) is 0 Å². The zero-order valence-corrected chi connectivity index (χ0v) is 13.3. The quantitative estimate of drug-likeness (QED) is 0.309. The van der Waals surface area contributed by atoms with E-state index in [4.69, 9.17) is 4.84 Å². The average Bonchev–Trinajstić information content (AvgIpc) is 2.53. The average molecular weight is 297 g/mol. The first-order chi connectivity index (χ1) is 10.7. The van der Waals surface area contributed by atoms with Gasteiger partial charge in [0.15, 0.2) is 0 Å². The molecule has 2 aromatic carbocycles. The molecule has 0 N–H and O–H groups in total. The molecule has 0 saturated carbocycles. The summed E-state index contributed by atoms with van der Waals surface area (Å²) in [4.78, 5) is 15.9. The largest absolute Gasteiger partial charge is 0.331 e. The minimum atomic E-state index is -0.383. The second-order valence-corrected chi connectivity index (χ2v) is 5.49. The maximum absolute atomic E-state index is 11.0. The van der Waals surface area contributed by atoms with Crippen LogP contribution in [0.1, 0.15) is 51.5 Å². The van der Waals surface area contributed by atoms with Crippen LogP contribution in [0.2, 0.25) is 0 Å². The lowest BCUT2D eigenvalue weighted by Gasteiger charge is -2.07. The molecule has 116 valence electrons. The molecule has 0 atom stereocenters. The number of nitrogens with zero attached hydrogens (tertiary/aromatic N) is 1. The third-order valence-electron chi connectivity index (χ3n) is 3.63. The fourth-order valence-corrected chi connectivity index (χ4v) is 2.45. The highest BCUT2D eigenvalue weighted by molar-refractivity contribution is 6.03. The molecule has 0 unspecified atom stereocenters. The number of carbonyl (C=O) groups is 1. The second kappa shape index (κ2) is 8.32. The van der Waals surface area contributed by atoms with Crippen molar-refractivity contribution in [2.24, 2.45) is 5.16 Å². The third-order valence-corrected chi connectivity index (χ3v) is 3.63. The minimum absolute atomic E-state index is 0.383. The highest BCUT2D eigenvalue weighted by Crippen LogP contribution is 2.18. The summed E-state index contributed by atoms with van der Waals surface area (Å²) in [5.41, 5.74) is 1.87. The van der Waals surface area contributed by atoms with Gasteiger partial charge < -0.3 is 4.84 Å². The van der Waals surface area contributed by atoms with Crippen LogP contribution in [0.25, 0.3) is 10.8 Å². The predicted molar refractivity (Wildman–Crippen MR) is 91.0 cm³/mol. The first-order valence-corrected chi connectivity index (χ1v) is 7.94. The van der Waals surface area contributed by atoms with E-state index in [0.29, 0.717) is 0 Å². The van der Waals surface area contributed by atoms with E-state index in [9.17, 15) is 4.79 Å². The van der Waals surface area contributed by atoms with E-state index in [1.807, 2.05) is 18.2 Å². The zero-order chi connectivity index (χ0) is 15.8. The molecule has 3 heteroatoms. The maximum Gasteiger partial charge on any atom is 0.331 e. The van der Waals surface area contributed by atoms with Gasteiger partial charge in [0.05, 0.1) is 5.71 Å². The Morgan fingerprint density at radius 1 is 1.05 bits per heavy atom. The van der Waals surface area contributed by atoms with Crippen molar-refractivity contribution in [1.29, 1.82) is 0 Å². The molecule has 22 heavy (non-hydrogen) atoms. The molecule has 0 bridgehead atoms. The van der Waals surface area contributed by atoms with E-state index in [2.05, 4.69) is 36.3 Å². The van der Waals surface area contributed by atoms with E-state index in [0.717, 1.165) is 24.1 Å². The van der Waals surface area contributed by atoms with Gasteiger partial charge in [0.1, 0.15) is 0 Å². The third kappa shape index (κ3) is 4.69. The van der Waals surface area contributed by atoms with Crippen LogP contribution in [0.3, 0.4) is 0 Å². The van der Waals surface area contributed by atoms with Gasteiger partial charge in [-0.05, 0) is 35.2 Å². The standard InChI is InChI=1S/C19H23NO2/c1-3-4-5-6-11-19(20-22-15(2)21)18-13-12-16-9-7-8-10-17(16)14-18/h7-10,12-14H,3-6,11H2,1-2H3/b20-19+. The van der Waals surface area contributed by atoms with Crippen LogP contribution in [-0.2, 0) is 9.63 Å². The monoisotopic (exact) mass is 297 g/mol. The van der Waals surface area contributed by atoms with Gasteiger partial charge in [-0.3, -0.25) is 0 Å². The lowest BCUT2D eigenvalue weighted by molar-refractivity contribution is -0.140. The van der Waals surface area contributed by atoms with E-state index in [-0.39, 0.29) is 5.97 Å². The molecule has 0 aliphatic rings. The molecule has 0 aromatic heterocycles. The molecule has 3 nitrogen and oxygen atoms in total. The number of carbonyl (C=O) groups excluding carboxylic acids is 1. The van der Waals surface area contributed by atoms with Gasteiger partial charge in [0, 0.05) is 6.92 Å². The van der Waals surface area contributed by atoms with E-state index in [1.54, 1.807) is 0 Å². The van der Waals surface area contributed by atoms with E-state index >= 15 is 0 Å². The van der Waals surface area contributed by atoms with Crippen molar-refractivity contribution in [2.45, 2.75) is 46.0 Å². The Hall–Kier alpha value is -2.16. The molecular weight excluding hydrogens is 274 g/mol. The number of hydrogen-bond donors (Lipinski definition) is 0. The SMILES string of the molecule is CCCCCC/C(=N\OC(C)=O)c1ccc2ccccc2c1. The maximum atomic E-state index is 11.0. The van der Waals surface area contributed by atoms with Gasteiger partial charge in [-0.2, -0.15) is 0 Å². The molecule has 0 radical (unpaired) electrons. The van der Waals surface area contributed by atoms with Crippen LogP contribution in [0.5, 0.6) is 0 Å². The smallest absolute Gasteiger partial charge is 0.318 e. The summed E-state index contributed by atoms with van der Waals surface area (Å²) in [6.07, 6.45) is 5.47. The topological polar surface area (TPSA) is 38.7 Å². The number of benzene rings is 2. The minimum Gasteiger partial charge on any atom is -0.318 e. The van der Waals surface area contributed by atoms with Gasteiger partial charge in [-0.15, -0.1) is 0 Å². The fourth-order valence-electron chi connectivity index (χ4n) is 2.45. The summed E-state index contributed by atoms with van der Waals surface area (Å²) in [5, 5.41) is 6.43. The Morgan fingerprint density at radius 3 is 2.55 bits per heavy atom. The molecule has 0 heterocycles. The van der Waals surface area contributed by atoms with Crippen LogP contribution in [0, 0.1) is 0 Å². The Morgan fingerprint density at radius 2 is 1.82 bits per heavy atom. The number of fused-ring (bicyclic) bond motifs is 1. The first kappa shape index (κ1) is 16.2. The van der Waals surface area contributed by atoms with Crippen molar-refractivity contribution < 1.29 is 9.63 Å². The Labute approximate surface area is 132 Å². The number of unbranched alkanes of at least 4 members (excludes halogenated alkanes) is 3. The summed E-state index contributed by atoms with van der Waals surface area (Å²) in [5.74, 6) is -0.383. The molecule has 0 saturated heterocycles. The Kier molecular flexibility index (Phi) is 6.13. The van der Waals surface area contributed by atoms with Gasteiger partial charge >= 0.3 is 5.97 Å². The normalized spacial score (nSPS) is 11.6. The highest BCUT2D eigenvalue weighted by atomic mass is 16.7. The number of rotatable bonds is 7. The highest BCUT2D eigenvalue weighted by Gasteiger charge is 2.07. The molecule has 0 amide bonds. The van der Waals surface area contributed by atoms with Gasteiger partial charge in [0.25, 0.3) is 0 Å². The van der Waals surface area contributed by atoms with Crippen molar-refractivity contribution >= 4 is 22.5 Å². The van der Waals surface area contributed by atoms with Gasteiger partial charge in [-0.1, -0.05) is 67.7 Å². The molecule has 0 fully saturated rings. The van der Waals surface area contributed by atoms with Crippen LogP contribution >= 0.6 is 0 Å². The summed E-state index contributed by atoms with van der Waals surface area (Å²) in [7, 11) is 0. The number of hydrogen-bond acceptors (Lipinski definition) is 3. The van der Waals surface area contributed by atoms with E-state index in [1.165, 1.54) is 37.0 Å². The molecule has 0 spiro atoms. The molecular formula is C19H23NO2. The molecule has 2 aromatic rings. The Bertz CT molecular complexity index is 661. The number of oxime groups is 1. The van der Waals surface area contributed by atoms with Crippen LogP contribution in [0.15, 0.2) is 47.6 Å². The Balaban J connectivity index is 2.21. The first-order valence-electron chi connectivity index (χ1n) is 7.94. The van der Waals surface area contributed by atoms with Crippen molar-refractivity contribution in [3.05, 3.63) is 48.0 Å². The lowest BCUT2D eigenvalue weighted by atomic mass is 10.0. The summed E-state index contributed by atoms with van der Waals surface area (Å²) < 4.78 is 0. The van der Waals surface area contributed by atoms with Gasteiger partial charge in [-0.25, -0.2) is 4.79 Å². The summed E-state index contributed by atoms with van der Waals surface area (Å²) in [6.45, 7) is 3.57. The molecule has 2 rings (SSSR count). The fraction of sp³-hybridized carbons (Fsp3) is 0.368. The summed E-state index contributed by atoms with van der Waals surface area (Å²) >= 11 is 0. The van der Waals surface area contributed by atoms with E-state index < -0.39 is 0 Å². The second-order valence-electron chi connectivity index (χ2n) is 5.49. The zero-order valence-electron chi connectivity index (χ0n) is 13.3. The van der Waals surface area contributed by atoms with Crippen LogP contribution in [0.4, 0.5) is 0 Å². The molecule has 0 aliphatic carbocycles.